The first-order valence-corrected chi connectivity index (χ1v) is 8.13. The lowest BCUT2D eigenvalue weighted by atomic mass is 10.0. The number of hydrogen-bond donors (Lipinski definition) is 1. The van der Waals surface area contributed by atoms with E-state index >= 15 is 0 Å². The number of carbonyl (C=O) groups excluding carboxylic acids is 1. The average molecular weight is 347 g/mol. The van der Waals surface area contributed by atoms with Gasteiger partial charge in [0, 0.05) is 37.3 Å². The van der Waals surface area contributed by atoms with Crippen molar-refractivity contribution in [3.05, 3.63) is 54.2 Å². The first-order chi connectivity index (χ1) is 12.1. The van der Waals surface area contributed by atoms with E-state index in [-0.39, 0.29) is 23.4 Å². The van der Waals surface area contributed by atoms with Crippen LogP contribution < -0.4 is 5.32 Å². The number of aromatic nitrogens is 1. The molecule has 1 aliphatic rings. The molecule has 25 heavy (non-hydrogen) atoms. The van der Waals surface area contributed by atoms with E-state index in [0.717, 1.165) is 44.6 Å². The summed E-state index contributed by atoms with van der Waals surface area (Å²) in [6.07, 6.45) is 3.58. The van der Waals surface area contributed by atoms with E-state index in [9.17, 15) is 13.6 Å². The van der Waals surface area contributed by atoms with Crippen molar-refractivity contribution < 1.29 is 18.1 Å². The van der Waals surface area contributed by atoms with Crippen LogP contribution in [0.15, 0.2) is 41.4 Å². The zero-order valence-electron chi connectivity index (χ0n) is 13.7. The summed E-state index contributed by atoms with van der Waals surface area (Å²) in [5, 5.41) is 6.66. The fourth-order valence-electron chi connectivity index (χ4n) is 2.87. The predicted octanol–water partition coefficient (Wildman–Crippen LogP) is 3.00. The molecule has 3 rings (SSSR count). The molecule has 7 heteroatoms. The predicted molar refractivity (Wildman–Crippen MR) is 89.0 cm³/mol. The lowest BCUT2D eigenvalue weighted by Gasteiger charge is -2.31. The van der Waals surface area contributed by atoms with Gasteiger partial charge >= 0.3 is 0 Å². The Morgan fingerprint density at radius 3 is 2.76 bits per heavy atom. The smallest absolute Gasteiger partial charge is 0.273 e. The zero-order chi connectivity index (χ0) is 17.8. The number of benzene rings is 1. The third-order valence-electron chi connectivity index (χ3n) is 4.26. The second-order valence-corrected chi connectivity index (χ2v) is 6.04. The molecule has 1 amide bonds. The molecule has 0 spiro atoms. The lowest BCUT2D eigenvalue weighted by Crippen LogP contribution is -2.44. The summed E-state index contributed by atoms with van der Waals surface area (Å²) < 4.78 is 31.4. The summed E-state index contributed by atoms with van der Waals surface area (Å²) >= 11 is 0. The number of halogens is 2. The van der Waals surface area contributed by atoms with Gasteiger partial charge in [-0.25, -0.2) is 8.78 Å². The number of amides is 1. The van der Waals surface area contributed by atoms with Gasteiger partial charge in [-0.05, 0) is 31.0 Å². The van der Waals surface area contributed by atoms with Crippen molar-refractivity contribution in [3.63, 3.8) is 0 Å². The van der Waals surface area contributed by atoms with Crippen molar-refractivity contribution in [1.29, 1.82) is 0 Å². The summed E-state index contributed by atoms with van der Waals surface area (Å²) in [5.74, 6) is -2.04. The molecular formula is C18H19F2N3O2. The number of rotatable bonds is 5. The van der Waals surface area contributed by atoms with E-state index < -0.39 is 11.6 Å². The molecule has 2 heterocycles. The van der Waals surface area contributed by atoms with Gasteiger partial charge in [0.15, 0.2) is 23.1 Å². The van der Waals surface area contributed by atoms with Crippen LogP contribution in [0.2, 0.25) is 0 Å². The van der Waals surface area contributed by atoms with E-state index in [1.54, 1.807) is 0 Å². The van der Waals surface area contributed by atoms with Gasteiger partial charge in [0.05, 0.1) is 0 Å². The minimum Gasteiger partial charge on any atom is -0.355 e. The van der Waals surface area contributed by atoms with Gasteiger partial charge in [-0.1, -0.05) is 11.2 Å². The minimum absolute atomic E-state index is 0.0805. The molecule has 1 saturated heterocycles. The Kier molecular flexibility index (Phi) is 5.23. The van der Waals surface area contributed by atoms with Crippen LogP contribution in [0.1, 0.15) is 23.3 Å². The molecule has 0 unspecified atom stereocenters. The fourth-order valence-corrected chi connectivity index (χ4v) is 2.87. The number of nitrogens with zero attached hydrogens (tertiary/aromatic N) is 2. The van der Waals surface area contributed by atoms with Gasteiger partial charge in [-0.3, -0.25) is 9.69 Å². The van der Waals surface area contributed by atoms with Crippen LogP contribution in [-0.4, -0.2) is 41.6 Å². The van der Waals surface area contributed by atoms with Crippen molar-refractivity contribution >= 4 is 5.91 Å². The Balaban J connectivity index is 1.61. The molecule has 5 nitrogen and oxygen atoms in total. The first-order valence-electron chi connectivity index (χ1n) is 8.13. The number of nitrogens with one attached hydrogen (secondary N) is 1. The maximum atomic E-state index is 13.3. The van der Waals surface area contributed by atoms with Crippen LogP contribution in [0.25, 0.3) is 11.3 Å². The second kappa shape index (κ2) is 7.57. The van der Waals surface area contributed by atoms with Gasteiger partial charge in [0.25, 0.3) is 5.91 Å². The third kappa shape index (κ3) is 4.11. The van der Waals surface area contributed by atoms with E-state index in [1.807, 2.05) is 6.08 Å². The number of hydrogen-bond acceptors (Lipinski definition) is 4. The van der Waals surface area contributed by atoms with Crippen molar-refractivity contribution in [2.24, 2.45) is 0 Å². The molecule has 1 fully saturated rings. The molecule has 1 N–H and O–H groups in total. The highest BCUT2D eigenvalue weighted by Crippen LogP contribution is 2.22. The van der Waals surface area contributed by atoms with E-state index in [1.165, 1.54) is 12.1 Å². The Bertz CT molecular complexity index is 767. The molecule has 0 atom stereocenters. The fraction of sp³-hybridized carbons (Fsp3) is 0.333. The first kappa shape index (κ1) is 17.3. The third-order valence-corrected chi connectivity index (χ3v) is 4.26. The number of carbonyl (C=O) groups is 1. The van der Waals surface area contributed by atoms with Gasteiger partial charge in [-0.15, -0.1) is 6.58 Å². The van der Waals surface area contributed by atoms with Crippen molar-refractivity contribution in [1.82, 2.24) is 15.4 Å². The Labute approximate surface area is 144 Å². The highest BCUT2D eigenvalue weighted by atomic mass is 19.2. The largest absolute Gasteiger partial charge is 0.355 e. The maximum absolute atomic E-state index is 13.3. The van der Waals surface area contributed by atoms with Gasteiger partial charge in [0.1, 0.15) is 0 Å². The Morgan fingerprint density at radius 2 is 2.08 bits per heavy atom. The Hall–Kier alpha value is -2.54. The van der Waals surface area contributed by atoms with Crippen molar-refractivity contribution in [2.75, 3.05) is 19.6 Å². The molecular weight excluding hydrogens is 328 g/mol. The summed E-state index contributed by atoms with van der Waals surface area (Å²) in [4.78, 5) is 14.6. The van der Waals surface area contributed by atoms with Crippen LogP contribution in [0, 0.1) is 11.6 Å². The van der Waals surface area contributed by atoms with E-state index in [2.05, 4.69) is 22.0 Å². The molecule has 1 aromatic heterocycles. The molecule has 1 aromatic carbocycles. The molecule has 0 radical (unpaired) electrons. The Morgan fingerprint density at radius 1 is 1.32 bits per heavy atom. The normalized spacial score (nSPS) is 15.9. The summed E-state index contributed by atoms with van der Waals surface area (Å²) in [5.41, 5.74) is 0.441. The molecule has 0 bridgehead atoms. The van der Waals surface area contributed by atoms with Crippen LogP contribution in [0.4, 0.5) is 8.78 Å². The zero-order valence-corrected chi connectivity index (χ0v) is 13.7. The molecule has 0 saturated carbocycles. The number of likely N-dealkylation sites (tertiary alicyclic amines) is 1. The van der Waals surface area contributed by atoms with Crippen molar-refractivity contribution in [3.8, 4) is 11.3 Å². The molecule has 0 aliphatic carbocycles. The van der Waals surface area contributed by atoms with Crippen LogP contribution in [0.5, 0.6) is 0 Å². The SMILES string of the molecule is C=CCN1CCC(NC(=O)c2cc(-c3ccc(F)c(F)c3)on2)CC1. The quantitative estimate of drug-likeness (QED) is 0.845. The summed E-state index contributed by atoms with van der Waals surface area (Å²) in [7, 11) is 0. The average Bonchev–Trinajstić information content (AvgIpc) is 3.09. The van der Waals surface area contributed by atoms with Crippen molar-refractivity contribution in [2.45, 2.75) is 18.9 Å². The van der Waals surface area contributed by atoms with Crippen LogP contribution in [0.3, 0.4) is 0 Å². The van der Waals surface area contributed by atoms with Gasteiger partial charge in [0.2, 0.25) is 0 Å². The van der Waals surface area contributed by atoms with Gasteiger partial charge in [-0.2, -0.15) is 0 Å². The lowest BCUT2D eigenvalue weighted by molar-refractivity contribution is 0.0905. The summed E-state index contributed by atoms with van der Waals surface area (Å²) in [6.45, 7) is 6.37. The van der Waals surface area contributed by atoms with Gasteiger partial charge < -0.3 is 9.84 Å². The second-order valence-electron chi connectivity index (χ2n) is 6.04. The minimum atomic E-state index is -0.980. The van der Waals surface area contributed by atoms with Crippen LogP contribution >= 0.6 is 0 Å². The highest BCUT2D eigenvalue weighted by Gasteiger charge is 2.22. The molecule has 1 aliphatic heterocycles. The number of piperidine rings is 1. The highest BCUT2D eigenvalue weighted by molar-refractivity contribution is 5.93. The van der Waals surface area contributed by atoms with Crippen LogP contribution in [-0.2, 0) is 0 Å². The molecule has 2 aromatic rings. The molecule has 132 valence electrons. The topological polar surface area (TPSA) is 58.4 Å². The standard InChI is InChI=1S/C18H19F2N3O2/c1-2-7-23-8-5-13(6-9-23)21-18(24)16-11-17(25-22-16)12-3-4-14(19)15(20)10-12/h2-4,10-11,13H,1,5-9H2,(H,21,24). The monoisotopic (exact) mass is 347 g/mol. The maximum Gasteiger partial charge on any atom is 0.273 e. The van der Waals surface area contributed by atoms with E-state index in [0.29, 0.717) is 5.56 Å². The summed E-state index contributed by atoms with van der Waals surface area (Å²) in [6, 6.07) is 4.89. The van der Waals surface area contributed by atoms with E-state index in [4.69, 9.17) is 4.52 Å².